The van der Waals surface area contributed by atoms with Crippen LogP contribution in [0.1, 0.15) is 50.9 Å². The number of hydrogen-bond acceptors (Lipinski definition) is 2. The zero-order chi connectivity index (χ0) is 24.7. The standard InChI is InChI=1S/C33H40N2/c1-22-16-30-18-28(8-10-32(30)26(5)24(22)3)20-34-12-7-13-35(15-14-34)21-29-9-11-33-27(6)25(4)23(2)17-31(33)19-29/h8-11,16-19H,7,12-15,20-21H2,1-6H3. The molecule has 1 saturated heterocycles. The van der Waals surface area contributed by atoms with Crippen molar-refractivity contribution in [3.8, 4) is 0 Å². The quantitative estimate of drug-likeness (QED) is 0.308. The summed E-state index contributed by atoms with van der Waals surface area (Å²) in [5.74, 6) is 0. The molecule has 0 aromatic heterocycles. The molecule has 182 valence electrons. The molecule has 0 radical (unpaired) electrons. The second-order valence-corrected chi connectivity index (χ2v) is 10.9. The first-order valence-corrected chi connectivity index (χ1v) is 13.2. The first kappa shape index (κ1) is 24.0. The lowest BCUT2D eigenvalue weighted by atomic mass is 9.95. The topological polar surface area (TPSA) is 6.48 Å². The molecule has 0 aliphatic carbocycles. The minimum absolute atomic E-state index is 1.05. The molecule has 1 aliphatic heterocycles. The normalized spacial score (nSPS) is 15.7. The molecular weight excluding hydrogens is 424 g/mol. The number of aryl methyl sites for hydroxylation is 4. The molecule has 0 bridgehead atoms. The van der Waals surface area contributed by atoms with Gasteiger partial charge >= 0.3 is 0 Å². The maximum absolute atomic E-state index is 2.64. The monoisotopic (exact) mass is 464 g/mol. The van der Waals surface area contributed by atoms with Gasteiger partial charge in [0.2, 0.25) is 0 Å². The predicted octanol–water partition coefficient (Wildman–Crippen LogP) is 7.55. The Bertz CT molecular complexity index is 1290. The molecule has 4 aromatic rings. The van der Waals surface area contributed by atoms with E-state index in [2.05, 4.69) is 99.9 Å². The van der Waals surface area contributed by atoms with Crippen LogP contribution < -0.4 is 0 Å². The molecule has 2 heteroatoms. The van der Waals surface area contributed by atoms with Crippen molar-refractivity contribution in [2.45, 2.75) is 61.1 Å². The third-order valence-electron chi connectivity index (χ3n) is 8.59. The van der Waals surface area contributed by atoms with Gasteiger partial charge in [-0.2, -0.15) is 0 Å². The highest BCUT2D eigenvalue weighted by Gasteiger charge is 2.16. The Morgan fingerprint density at radius 2 is 0.943 bits per heavy atom. The van der Waals surface area contributed by atoms with Gasteiger partial charge in [0.05, 0.1) is 0 Å². The van der Waals surface area contributed by atoms with E-state index in [0.717, 1.165) is 26.2 Å². The Morgan fingerprint density at radius 1 is 0.514 bits per heavy atom. The third-order valence-corrected chi connectivity index (χ3v) is 8.59. The summed E-state index contributed by atoms with van der Waals surface area (Å²) >= 11 is 0. The second kappa shape index (κ2) is 9.76. The van der Waals surface area contributed by atoms with Gasteiger partial charge in [-0.05, 0) is 139 Å². The van der Waals surface area contributed by atoms with Crippen molar-refractivity contribution in [3.63, 3.8) is 0 Å². The summed E-state index contributed by atoms with van der Waals surface area (Å²) in [6.45, 7) is 20.2. The average molecular weight is 465 g/mol. The van der Waals surface area contributed by atoms with E-state index >= 15 is 0 Å². The Hall–Kier alpha value is -2.68. The molecule has 0 amide bonds. The van der Waals surface area contributed by atoms with Crippen LogP contribution in [0.5, 0.6) is 0 Å². The lowest BCUT2D eigenvalue weighted by Gasteiger charge is -2.22. The molecule has 5 rings (SSSR count). The highest BCUT2D eigenvalue weighted by Crippen LogP contribution is 2.28. The van der Waals surface area contributed by atoms with Gasteiger partial charge in [-0.1, -0.05) is 36.4 Å². The first-order chi connectivity index (χ1) is 16.8. The molecule has 0 atom stereocenters. The van der Waals surface area contributed by atoms with Crippen molar-refractivity contribution in [3.05, 3.63) is 93.0 Å². The molecule has 1 heterocycles. The van der Waals surface area contributed by atoms with Gasteiger partial charge in [-0.3, -0.25) is 9.80 Å². The molecule has 0 spiro atoms. The lowest BCUT2D eigenvalue weighted by molar-refractivity contribution is 0.247. The van der Waals surface area contributed by atoms with Gasteiger partial charge in [0, 0.05) is 26.2 Å². The van der Waals surface area contributed by atoms with Crippen LogP contribution in [0, 0.1) is 41.5 Å². The van der Waals surface area contributed by atoms with Crippen molar-refractivity contribution < 1.29 is 0 Å². The SMILES string of the molecule is Cc1cc2cc(CN3CCCN(Cc4ccc5c(C)c(C)c(C)cc5c4)CC3)ccc2c(C)c1C. The van der Waals surface area contributed by atoms with E-state index in [-0.39, 0.29) is 0 Å². The van der Waals surface area contributed by atoms with Crippen LogP contribution in [0.3, 0.4) is 0 Å². The van der Waals surface area contributed by atoms with E-state index < -0.39 is 0 Å². The van der Waals surface area contributed by atoms with Gasteiger partial charge in [-0.25, -0.2) is 0 Å². The van der Waals surface area contributed by atoms with Gasteiger partial charge in [0.15, 0.2) is 0 Å². The summed E-state index contributed by atoms with van der Waals surface area (Å²) in [6.07, 6.45) is 1.23. The smallest absolute Gasteiger partial charge is 0.0234 e. The van der Waals surface area contributed by atoms with Crippen LogP contribution in [-0.4, -0.2) is 36.0 Å². The van der Waals surface area contributed by atoms with Crippen molar-refractivity contribution >= 4 is 21.5 Å². The van der Waals surface area contributed by atoms with E-state index in [1.54, 1.807) is 0 Å². The summed E-state index contributed by atoms with van der Waals surface area (Å²) < 4.78 is 0. The van der Waals surface area contributed by atoms with Gasteiger partial charge in [0.25, 0.3) is 0 Å². The maximum Gasteiger partial charge on any atom is 0.0234 e. The predicted molar refractivity (Wildman–Crippen MR) is 151 cm³/mol. The van der Waals surface area contributed by atoms with Crippen molar-refractivity contribution in [1.82, 2.24) is 9.80 Å². The number of hydrogen-bond donors (Lipinski definition) is 0. The largest absolute Gasteiger partial charge is 0.298 e. The average Bonchev–Trinajstić information content (AvgIpc) is 3.06. The molecule has 0 N–H and O–H groups in total. The lowest BCUT2D eigenvalue weighted by Crippen LogP contribution is -2.30. The summed E-state index contributed by atoms with van der Waals surface area (Å²) in [4.78, 5) is 5.29. The van der Waals surface area contributed by atoms with Crippen LogP contribution >= 0.6 is 0 Å². The highest BCUT2D eigenvalue weighted by atomic mass is 15.2. The van der Waals surface area contributed by atoms with Gasteiger partial charge in [0.1, 0.15) is 0 Å². The fourth-order valence-electron chi connectivity index (χ4n) is 5.88. The highest BCUT2D eigenvalue weighted by molar-refractivity contribution is 5.89. The molecular formula is C33H40N2. The van der Waals surface area contributed by atoms with Gasteiger partial charge < -0.3 is 0 Å². The van der Waals surface area contributed by atoms with Crippen molar-refractivity contribution in [2.75, 3.05) is 26.2 Å². The Balaban J connectivity index is 1.26. The van der Waals surface area contributed by atoms with E-state index in [4.69, 9.17) is 0 Å². The molecule has 2 nitrogen and oxygen atoms in total. The van der Waals surface area contributed by atoms with E-state index in [0.29, 0.717) is 0 Å². The molecule has 0 saturated carbocycles. The van der Waals surface area contributed by atoms with Gasteiger partial charge in [-0.15, -0.1) is 0 Å². The van der Waals surface area contributed by atoms with E-state index in [1.807, 2.05) is 0 Å². The zero-order valence-electron chi connectivity index (χ0n) is 22.5. The van der Waals surface area contributed by atoms with Crippen molar-refractivity contribution in [2.24, 2.45) is 0 Å². The maximum atomic E-state index is 2.64. The van der Waals surface area contributed by atoms with Crippen molar-refractivity contribution in [1.29, 1.82) is 0 Å². The second-order valence-electron chi connectivity index (χ2n) is 10.9. The van der Waals surface area contributed by atoms with Crippen LogP contribution in [0.25, 0.3) is 21.5 Å². The van der Waals surface area contributed by atoms with Crippen LogP contribution in [0.15, 0.2) is 48.5 Å². The fraction of sp³-hybridized carbons (Fsp3) is 0.394. The van der Waals surface area contributed by atoms with Crippen LogP contribution in [-0.2, 0) is 13.1 Å². The molecule has 35 heavy (non-hydrogen) atoms. The Kier molecular flexibility index (Phi) is 6.70. The minimum Gasteiger partial charge on any atom is -0.298 e. The summed E-state index contributed by atoms with van der Waals surface area (Å²) in [5.41, 5.74) is 11.3. The summed E-state index contributed by atoms with van der Waals surface area (Å²) in [5, 5.41) is 5.57. The van der Waals surface area contributed by atoms with E-state index in [1.165, 1.54) is 85.6 Å². The fourth-order valence-corrected chi connectivity index (χ4v) is 5.88. The van der Waals surface area contributed by atoms with E-state index in [9.17, 15) is 0 Å². The first-order valence-electron chi connectivity index (χ1n) is 13.2. The number of fused-ring (bicyclic) bond motifs is 2. The number of rotatable bonds is 4. The summed E-state index contributed by atoms with van der Waals surface area (Å²) in [7, 11) is 0. The molecule has 1 fully saturated rings. The zero-order valence-corrected chi connectivity index (χ0v) is 22.5. The number of nitrogens with zero attached hydrogens (tertiary/aromatic N) is 2. The third kappa shape index (κ3) is 4.87. The van der Waals surface area contributed by atoms with Crippen LogP contribution in [0.4, 0.5) is 0 Å². The Morgan fingerprint density at radius 3 is 1.37 bits per heavy atom. The molecule has 0 unspecified atom stereocenters. The summed E-state index contributed by atoms with van der Waals surface area (Å²) in [6, 6.07) is 18.9. The Labute approximate surface area is 211 Å². The minimum atomic E-state index is 1.05. The molecule has 1 aliphatic rings. The molecule has 4 aromatic carbocycles. The van der Waals surface area contributed by atoms with Crippen LogP contribution in [0.2, 0.25) is 0 Å². The number of benzene rings is 4.